The second kappa shape index (κ2) is 11.9. The van der Waals surface area contributed by atoms with Crippen molar-refractivity contribution in [2.75, 3.05) is 0 Å². The molecule has 0 saturated carbocycles. The van der Waals surface area contributed by atoms with E-state index in [-0.39, 0.29) is 50.2 Å². The Kier molecular flexibility index (Phi) is 7.57. The highest BCUT2D eigenvalue weighted by molar-refractivity contribution is 6.12. The molecule has 0 saturated heterocycles. The summed E-state index contributed by atoms with van der Waals surface area (Å²) in [6, 6.07) is 28.4. The zero-order valence-electron chi connectivity index (χ0n) is 27.2. The monoisotopic (exact) mass is 738 g/mol. The molecule has 0 unspecified atom stereocenters. The van der Waals surface area contributed by atoms with Gasteiger partial charge in [-0.05, 0) is 66.2 Å². The zero-order chi connectivity index (χ0) is 38.3. The van der Waals surface area contributed by atoms with Crippen LogP contribution in [0, 0.1) is 22.7 Å². The van der Waals surface area contributed by atoms with Crippen molar-refractivity contribution in [2.24, 2.45) is 0 Å². The second-order valence-corrected chi connectivity index (χ2v) is 12.5. The smallest absolute Gasteiger partial charge is 0.308 e. The van der Waals surface area contributed by atoms with Crippen molar-refractivity contribution >= 4 is 43.6 Å². The first kappa shape index (κ1) is 34.4. The Balaban J connectivity index is 1.59. The molecule has 6 aromatic carbocycles. The molecule has 0 aliphatic carbocycles. The average molecular weight is 739 g/mol. The number of fused-ring (bicyclic) bond motifs is 6. The number of alkyl halides is 9. The minimum atomic E-state index is -4.91. The van der Waals surface area contributed by atoms with Crippen molar-refractivity contribution in [3.8, 4) is 34.6 Å². The average Bonchev–Trinajstić information content (AvgIpc) is 3.65. The van der Waals surface area contributed by atoms with Crippen LogP contribution < -0.4 is 0 Å². The number of nitriles is 2. The van der Waals surface area contributed by atoms with E-state index >= 15 is 0 Å². The van der Waals surface area contributed by atoms with Gasteiger partial charge < -0.3 is 9.13 Å². The van der Waals surface area contributed by atoms with Crippen LogP contribution in [0.5, 0.6) is 0 Å². The van der Waals surface area contributed by atoms with Crippen LogP contribution in [0.4, 0.5) is 39.5 Å². The molecule has 2 aromatic heterocycles. The fourth-order valence-electron chi connectivity index (χ4n) is 7.15. The van der Waals surface area contributed by atoms with Crippen molar-refractivity contribution in [3.63, 3.8) is 0 Å². The van der Waals surface area contributed by atoms with Crippen LogP contribution in [0.25, 0.3) is 66.1 Å². The fraction of sp³-hybridized carbons (Fsp3) is 0.0732. The van der Waals surface area contributed by atoms with Gasteiger partial charge in [0.1, 0.15) is 11.6 Å². The number of halogens is 9. The lowest BCUT2D eigenvalue weighted by atomic mass is 9.95. The molecule has 4 nitrogen and oxygen atoms in total. The molecule has 8 rings (SSSR count). The number of nitrogens with zero attached hydrogens (tertiary/aromatic N) is 4. The lowest BCUT2D eigenvalue weighted by Gasteiger charge is -2.21. The van der Waals surface area contributed by atoms with Gasteiger partial charge in [-0.2, -0.15) is 50.0 Å². The first-order valence-electron chi connectivity index (χ1n) is 16.0. The first-order chi connectivity index (χ1) is 25.6. The molecule has 0 N–H and O–H groups in total. The third kappa shape index (κ3) is 5.39. The lowest BCUT2D eigenvalue weighted by Crippen LogP contribution is -2.09. The minimum Gasteiger partial charge on any atom is -0.308 e. The normalized spacial score (nSPS) is 12.5. The molecule has 54 heavy (non-hydrogen) atoms. The molecule has 13 heteroatoms. The minimum absolute atomic E-state index is 0.00663. The van der Waals surface area contributed by atoms with Crippen molar-refractivity contribution < 1.29 is 39.5 Å². The van der Waals surface area contributed by atoms with Crippen LogP contribution in [0.3, 0.4) is 0 Å². The molecule has 8 aromatic rings. The Hall–Kier alpha value is -6.73. The summed E-state index contributed by atoms with van der Waals surface area (Å²) in [4.78, 5) is 0. The molecule has 0 atom stereocenters. The predicted octanol–water partition coefficient (Wildman–Crippen LogP) is 12.3. The molecule has 266 valence electrons. The third-order valence-corrected chi connectivity index (χ3v) is 9.43. The zero-order valence-corrected chi connectivity index (χ0v) is 27.2. The van der Waals surface area contributed by atoms with Gasteiger partial charge in [0.15, 0.2) is 0 Å². The highest BCUT2D eigenvalue weighted by atomic mass is 19.4. The lowest BCUT2D eigenvalue weighted by molar-refractivity contribution is -0.138. The second-order valence-electron chi connectivity index (χ2n) is 12.5. The van der Waals surface area contributed by atoms with E-state index in [2.05, 4.69) is 6.07 Å². The van der Waals surface area contributed by atoms with Crippen molar-refractivity contribution in [3.05, 3.63) is 143 Å². The highest BCUT2D eigenvalue weighted by Gasteiger charge is 2.35. The molecule has 0 spiro atoms. The topological polar surface area (TPSA) is 57.4 Å². The van der Waals surface area contributed by atoms with E-state index in [9.17, 15) is 50.0 Å². The van der Waals surface area contributed by atoms with E-state index in [1.54, 1.807) is 54.6 Å². The molecular weight excluding hydrogens is 719 g/mol. The van der Waals surface area contributed by atoms with Crippen LogP contribution in [-0.2, 0) is 18.5 Å². The Morgan fingerprint density at radius 3 is 1.46 bits per heavy atom. The summed E-state index contributed by atoms with van der Waals surface area (Å²) >= 11 is 0. The van der Waals surface area contributed by atoms with E-state index in [0.717, 1.165) is 30.3 Å². The van der Waals surface area contributed by atoms with Gasteiger partial charge in [0, 0.05) is 27.1 Å². The Morgan fingerprint density at radius 2 is 0.944 bits per heavy atom. The predicted molar refractivity (Wildman–Crippen MR) is 185 cm³/mol. The molecule has 0 bridgehead atoms. The van der Waals surface area contributed by atoms with Gasteiger partial charge in [0.05, 0.1) is 61.8 Å². The van der Waals surface area contributed by atoms with Gasteiger partial charge in [-0.1, -0.05) is 54.6 Å². The summed E-state index contributed by atoms with van der Waals surface area (Å²) in [5, 5.41) is 22.5. The molecular formula is C41H19F9N4. The number of hydrogen-bond acceptors (Lipinski definition) is 2. The quantitative estimate of drug-likeness (QED) is 0.170. The maximum absolute atomic E-state index is 14.2. The maximum Gasteiger partial charge on any atom is 0.416 e. The SMILES string of the molecule is N#Cc1cc(-c2ccc(-n3c4ccccc4c4ccc(C(F)(F)F)cc43)c(C#N)c2-n2c3ccccc3c3ccc(C(F)(F)F)cc32)cc(C(F)(F)F)c1. The molecule has 0 aliphatic rings. The summed E-state index contributed by atoms with van der Waals surface area (Å²) in [6.07, 6.45) is -14.5. The van der Waals surface area contributed by atoms with Crippen LogP contribution in [-0.4, -0.2) is 9.13 Å². The number of aromatic nitrogens is 2. The maximum atomic E-state index is 14.2. The Labute approximate surface area is 298 Å². The third-order valence-electron chi connectivity index (χ3n) is 9.43. The van der Waals surface area contributed by atoms with E-state index in [1.807, 2.05) is 0 Å². The standard InChI is InChI=1S/C41H19F9N4/c42-39(43,44)24-9-11-30-28-5-1-3-7-33(28)53(36(30)18-24)35-14-13-27(23-15-22(20-51)16-26(17-23)41(48,49)50)38(32(35)21-52)54-34-8-4-2-6-29(34)31-12-10-25(19-37(31)54)40(45,46)47/h1-19H. The van der Waals surface area contributed by atoms with Gasteiger partial charge in [0.25, 0.3) is 0 Å². The summed E-state index contributed by atoms with van der Waals surface area (Å²) in [6.45, 7) is 0. The highest BCUT2D eigenvalue weighted by Crippen LogP contribution is 2.45. The fourth-order valence-corrected chi connectivity index (χ4v) is 7.15. The van der Waals surface area contributed by atoms with E-state index < -0.39 is 35.2 Å². The van der Waals surface area contributed by atoms with Gasteiger partial charge in [0.2, 0.25) is 0 Å². The van der Waals surface area contributed by atoms with E-state index in [0.29, 0.717) is 33.1 Å². The van der Waals surface area contributed by atoms with E-state index in [1.165, 1.54) is 39.5 Å². The van der Waals surface area contributed by atoms with E-state index in [4.69, 9.17) is 0 Å². The molecule has 0 radical (unpaired) electrons. The van der Waals surface area contributed by atoms with Crippen LogP contribution >= 0.6 is 0 Å². The van der Waals surface area contributed by atoms with Gasteiger partial charge in [-0.25, -0.2) is 0 Å². The van der Waals surface area contributed by atoms with Gasteiger partial charge >= 0.3 is 18.5 Å². The van der Waals surface area contributed by atoms with Crippen LogP contribution in [0.15, 0.2) is 115 Å². The van der Waals surface area contributed by atoms with Crippen molar-refractivity contribution in [1.29, 1.82) is 10.5 Å². The van der Waals surface area contributed by atoms with Gasteiger partial charge in [-0.15, -0.1) is 0 Å². The molecule has 0 aliphatic heterocycles. The largest absolute Gasteiger partial charge is 0.416 e. The summed E-state index contributed by atoms with van der Waals surface area (Å²) in [5.41, 5.74) is -3.57. The number of para-hydroxylation sites is 2. The number of hydrogen-bond donors (Lipinski definition) is 0. The van der Waals surface area contributed by atoms with Gasteiger partial charge in [-0.3, -0.25) is 0 Å². The number of rotatable bonds is 3. The molecule has 0 fully saturated rings. The number of benzene rings is 6. The van der Waals surface area contributed by atoms with Crippen molar-refractivity contribution in [1.82, 2.24) is 9.13 Å². The summed E-state index contributed by atoms with van der Waals surface area (Å²) in [5.74, 6) is 0. The van der Waals surface area contributed by atoms with Crippen molar-refractivity contribution in [2.45, 2.75) is 18.5 Å². The molecule has 2 heterocycles. The van der Waals surface area contributed by atoms with Crippen LogP contribution in [0.1, 0.15) is 27.8 Å². The van der Waals surface area contributed by atoms with Crippen LogP contribution in [0.2, 0.25) is 0 Å². The Morgan fingerprint density at radius 1 is 0.444 bits per heavy atom. The first-order valence-corrected chi connectivity index (χ1v) is 16.0. The summed E-state index contributed by atoms with van der Waals surface area (Å²) < 4.78 is 130. The summed E-state index contributed by atoms with van der Waals surface area (Å²) in [7, 11) is 0. The Bertz CT molecular complexity index is 2930. The molecule has 0 amide bonds.